The molecule has 67 heavy (non-hydrogen) atoms. The number of nitrogens with zero attached hydrogens (tertiary/aromatic N) is 6. The minimum Gasteiger partial charge on any atom is -0.508 e. The molecule has 16 heteroatoms. The minimum absolute atomic E-state index is 0.0265. The molecule has 0 atom stereocenters. The van der Waals surface area contributed by atoms with Gasteiger partial charge in [-0.2, -0.15) is 0 Å². The fourth-order valence-corrected chi connectivity index (χ4v) is 9.88. The number of sulfone groups is 2. The highest BCUT2D eigenvalue weighted by molar-refractivity contribution is 7.91. The summed E-state index contributed by atoms with van der Waals surface area (Å²) in [5.41, 5.74) is 3.72. The van der Waals surface area contributed by atoms with E-state index >= 15 is 0 Å². The molecule has 3 N–H and O–H groups in total. The first kappa shape index (κ1) is 46.0. The van der Waals surface area contributed by atoms with Gasteiger partial charge in [-0.1, -0.05) is 108 Å². The lowest BCUT2D eigenvalue weighted by atomic mass is 9.86. The first-order valence-corrected chi connectivity index (χ1v) is 24.1. The second-order valence-corrected chi connectivity index (χ2v) is 21.8. The van der Waals surface area contributed by atoms with E-state index in [0.717, 1.165) is 5.56 Å². The molecular weight excluding hydrogens is 889 g/mol. The van der Waals surface area contributed by atoms with Crippen LogP contribution in [-0.4, -0.2) is 62.1 Å². The zero-order valence-electron chi connectivity index (χ0n) is 37.5. The SMILES string of the molecule is CC(C)(C)c1cc(O)cc(-n2nc3ccc(S(=O)(=O)c4ccccc4)cc3n2)c1O.CC(C)(C)c1cc(OCc2ccccc2)cc(-n2nc3ccc(S(=O)(=O)c4ccccc4)cc3n2)c1O. The maximum Gasteiger partial charge on any atom is 0.206 e. The predicted molar refractivity (Wildman–Crippen MR) is 255 cm³/mol. The molecule has 2 heterocycles. The topological polar surface area (TPSA) is 200 Å². The predicted octanol–water partition coefficient (Wildman–Crippen LogP) is 9.80. The molecule has 0 aliphatic heterocycles. The summed E-state index contributed by atoms with van der Waals surface area (Å²) in [5.74, 6) is 0.534. The summed E-state index contributed by atoms with van der Waals surface area (Å²) in [7, 11) is -7.40. The Morgan fingerprint density at radius 3 is 1.31 bits per heavy atom. The largest absolute Gasteiger partial charge is 0.508 e. The van der Waals surface area contributed by atoms with Gasteiger partial charge in [0.25, 0.3) is 0 Å². The Morgan fingerprint density at radius 1 is 0.463 bits per heavy atom. The zero-order valence-corrected chi connectivity index (χ0v) is 39.2. The number of fused-ring (bicyclic) bond motifs is 2. The van der Waals surface area contributed by atoms with Crippen LogP contribution >= 0.6 is 0 Å². The monoisotopic (exact) mass is 936 g/mol. The second kappa shape index (κ2) is 17.7. The zero-order chi connectivity index (χ0) is 47.9. The van der Waals surface area contributed by atoms with Gasteiger partial charge in [-0.15, -0.1) is 30.0 Å². The number of rotatable bonds is 9. The summed E-state index contributed by atoms with van der Waals surface area (Å²) < 4.78 is 58.0. The normalized spacial score (nSPS) is 12.2. The average molecular weight is 937 g/mol. The summed E-state index contributed by atoms with van der Waals surface area (Å²) in [6.07, 6.45) is 0. The average Bonchev–Trinajstić information content (AvgIpc) is 3.94. The van der Waals surface area contributed by atoms with Crippen molar-refractivity contribution in [2.24, 2.45) is 0 Å². The molecule has 7 aromatic carbocycles. The van der Waals surface area contributed by atoms with E-state index in [1.807, 2.05) is 77.9 Å². The van der Waals surface area contributed by atoms with Crippen molar-refractivity contribution in [2.45, 2.75) is 78.6 Å². The van der Waals surface area contributed by atoms with Crippen molar-refractivity contribution >= 4 is 41.7 Å². The van der Waals surface area contributed by atoms with Crippen LogP contribution in [0.3, 0.4) is 0 Å². The van der Waals surface area contributed by atoms with E-state index in [9.17, 15) is 32.2 Å². The van der Waals surface area contributed by atoms with Crippen molar-refractivity contribution in [3.05, 3.63) is 168 Å². The number of hydrogen-bond donors (Lipinski definition) is 3. The van der Waals surface area contributed by atoms with Gasteiger partial charge in [-0.3, -0.25) is 0 Å². The number of phenolic OH excluding ortho intramolecular Hbond substituents is 3. The Morgan fingerprint density at radius 2 is 0.866 bits per heavy atom. The number of hydrogen-bond acceptors (Lipinski definition) is 12. The lowest BCUT2D eigenvalue weighted by Crippen LogP contribution is -2.13. The molecule has 9 rings (SSSR count). The molecule has 0 bridgehead atoms. The third kappa shape index (κ3) is 9.57. The third-order valence-corrected chi connectivity index (χ3v) is 14.4. The summed E-state index contributed by atoms with van der Waals surface area (Å²) in [6, 6.07) is 41.7. The lowest BCUT2D eigenvalue weighted by molar-refractivity contribution is 0.304. The van der Waals surface area contributed by atoms with E-state index < -0.39 is 25.1 Å². The molecule has 0 spiro atoms. The molecule has 14 nitrogen and oxygen atoms in total. The molecular formula is C51H48N6O8S2. The van der Waals surface area contributed by atoms with Gasteiger partial charge in [0.15, 0.2) is 0 Å². The van der Waals surface area contributed by atoms with Crippen LogP contribution in [0.4, 0.5) is 0 Å². The van der Waals surface area contributed by atoms with Gasteiger partial charge >= 0.3 is 0 Å². The quantitative estimate of drug-likeness (QED) is 0.116. The van der Waals surface area contributed by atoms with E-state index in [1.165, 1.54) is 58.1 Å². The third-order valence-electron chi connectivity index (χ3n) is 10.9. The molecule has 9 aromatic rings. The van der Waals surface area contributed by atoms with E-state index in [4.69, 9.17) is 4.74 Å². The number of phenols is 3. The molecule has 0 radical (unpaired) electrons. The number of aromatic hydroxyl groups is 3. The fraction of sp³-hybridized carbons (Fsp3) is 0.176. The van der Waals surface area contributed by atoms with E-state index in [-0.39, 0.29) is 47.9 Å². The van der Waals surface area contributed by atoms with E-state index in [0.29, 0.717) is 51.2 Å². The van der Waals surface area contributed by atoms with Gasteiger partial charge in [0.2, 0.25) is 19.7 Å². The molecule has 0 saturated carbocycles. The molecule has 342 valence electrons. The standard InChI is InChI=1S/C29H27N3O4S.C22H21N3O4S/c1-29(2,3)24-16-21(36-19-20-10-6-4-7-11-20)17-27(28(24)33)32-30-25-15-14-23(18-26(25)31-32)37(34,35)22-12-8-5-9-13-22;1-22(2,3)17-11-14(26)12-20(21(17)27)25-23-18-10-9-16(13-19(18)24-25)30(28,29)15-7-5-4-6-8-15/h4-18,33H,19H2,1-3H3;4-13,26-27H,1-3H3. The van der Waals surface area contributed by atoms with Crippen molar-refractivity contribution in [2.75, 3.05) is 0 Å². The summed E-state index contributed by atoms with van der Waals surface area (Å²) in [6.45, 7) is 12.1. The molecule has 0 unspecified atom stereocenters. The smallest absolute Gasteiger partial charge is 0.206 e. The fourth-order valence-electron chi connectivity index (χ4n) is 7.28. The molecule has 2 aromatic heterocycles. The Labute approximate surface area is 388 Å². The Bertz CT molecular complexity index is 3490. The van der Waals surface area contributed by atoms with Crippen molar-refractivity contribution in [1.29, 1.82) is 0 Å². The maximum absolute atomic E-state index is 13.1. The first-order chi connectivity index (χ1) is 31.7. The maximum atomic E-state index is 13.1. The molecule has 0 fully saturated rings. The van der Waals surface area contributed by atoms with Gasteiger partial charge in [-0.25, -0.2) is 16.8 Å². The van der Waals surface area contributed by atoms with Gasteiger partial charge in [0.1, 0.15) is 63.0 Å². The van der Waals surface area contributed by atoms with Gasteiger partial charge in [0.05, 0.1) is 19.6 Å². The second-order valence-electron chi connectivity index (χ2n) is 17.9. The van der Waals surface area contributed by atoms with Crippen molar-refractivity contribution in [3.8, 4) is 34.4 Å². The molecule has 0 aliphatic rings. The van der Waals surface area contributed by atoms with Crippen molar-refractivity contribution in [1.82, 2.24) is 30.0 Å². The van der Waals surface area contributed by atoms with Crippen LogP contribution in [0.2, 0.25) is 0 Å². The molecule has 0 aliphatic carbocycles. The Kier molecular flexibility index (Phi) is 12.1. The number of ether oxygens (including phenoxy) is 1. The summed E-state index contributed by atoms with van der Waals surface area (Å²) in [4.78, 5) is 3.15. The van der Waals surface area contributed by atoms with E-state index in [1.54, 1.807) is 66.7 Å². The van der Waals surface area contributed by atoms with Crippen LogP contribution in [0.1, 0.15) is 58.2 Å². The van der Waals surface area contributed by atoms with Crippen LogP contribution in [-0.2, 0) is 37.1 Å². The van der Waals surface area contributed by atoms with E-state index in [2.05, 4.69) is 20.4 Å². The van der Waals surface area contributed by atoms with Crippen LogP contribution in [0.15, 0.2) is 171 Å². The van der Waals surface area contributed by atoms with Gasteiger partial charge in [0, 0.05) is 23.3 Å². The van der Waals surface area contributed by atoms with Crippen LogP contribution in [0, 0.1) is 0 Å². The minimum atomic E-state index is -3.71. The van der Waals surface area contributed by atoms with Gasteiger partial charge in [-0.05, 0) is 89.2 Å². The number of benzene rings is 7. The molecule has 0 amide bonds. The van der Waals surface area contributed by atoms with Crippen molar-refractivity contribution < 1.29 is 36.9 Å². The highest BCUT2D eigenvalue weighted by Gasteiger charge is 2.26. The summed E-state index contributed by atoms with van der Waals surface area (Å²) >= 11 is 0. The lowest BCUT2D eigenvalue weighted by Gasteiger charge is -2.23. The van der Waals surface area contributed by atoms with Crippen molar-refractivity contribution in [3.63, 3.8) is 0 Å². The van der Waals surface area contributed by atoms with Crippen LogP contribution in [0.5, 0.6) is 23.0 Å². The summed E-state index contributed by atoms with van der Waals surface area (Å²) in [5, 5.41) is 49.8. The first-order valence-electron chi connectivity index (χ1n) is 21.2. The number of aromatic nitrogens is 6. The van der Waals surface area contributed by atoms with Gasteiger partial charge < -0.3 is 20.1 Å². The highest BCUT2D eigenvalue weighted by atomic mass is 32.2. The van der Waals surface area contributed by atoms with Crippen LogP contribution < -0.4 is 4.74 Å². The molecule has 0 saturated heterocycles. The highest BCUT2D eigenvalue weighted by Crippen LogP contribution is 2.40. The Hall–Kier alpha value is -7.56. The Balaban J connectivity index is 0.000000186. The van der Waals surface area contributed by atoms with Crippen LogP contribution in [0.25, 0.3) is 33.4 Å².